The zero-order valence-corrected chi connectivity index (χ0v) is 14.8. The Bertz CT molecular complexity index is 471. The van der Waals surface area contributed by atoms with Crippen molar-refractivity contribution >= 4 is 19.9 Å². The highest BCUT2D eigenvalue weighted by Crippen LogP contribution is 2.36. The van der Waals surface area contributed by atoms with Gasteiger partial charge in [-0.25, -0.2) is 0 Å². The van der Waals surface area contributed by atoms with Gasteiger partial charge in [-0.1, -0.05) is 44.5 Å². The van der Waals surface area contributed by atoms with Gasteiger partial charge in [-0.05, 0) is 42.2 Å². The van der Waals surface area contributed by atoms with Crippen molar-refractivity contribution in [1.29, 1.82) is 5.26 Å². The normalized spacial score (nSPS) is 13.8. The van der Waals surface area contributed by atoms with Crippen LogP contribution in [0.5, 0.6) is 0 Å². The summed E-state index contributed by atoms with van der Waals surface area (Å²) in [6, 6.07) is 9.85. The lowest BCUT2D eigenvalue weighted by molar-refractivity contribution is 0.278. The molecule has 0 aliphatic carbocycles. The van der Waals surface area contributed by atoms with Crippen LogP contribution in [0.4, 0.5) is 0 Å². The Morgan fingerprint density at radius 3 is 2.25 bits per heavy atom. The zero-order valence-electron chi connectivity index (χ0n) is 13.0. The van der Waals surface area contributed by atoms with Crippen molar-refractivity contribution in [1.82, 2.24) is 0 Å². The summed E-state index contributed by atoms with van der Waals surface area (Å²) in [7, 11) is -1.72. The Kier molecular flexibility index (Phi) is 5.82. The number of nitriles is 1. The molecule has 0 radical (unpaired) electrons. The molecule has 0 aliphatic rings. The molecule has 0 spiro atoms. The first kappa shape index (κ1) is 17.2. The molecule has 1 rings (SSSR count). The van der Waals surface area contributed by atoms with E-state index in [2.05, 4.69) is 39.9 Å². The second-order valence-corrected chi connectivity index (χ2v) is 11.9. The maximum Gasteiger partial charge on any atom is 0.191 e. The predicted octanol–water partition coefficient (Wildman–Crippen LogP) is 5.36. The Morgan fingerprint density at radius 1 is 1.25 bits per heavy atom. The van der Waals surface area contributed by atoms with Gasteiger partial charge in [0.1, 0.15) is 0 Å². The lowest BCUT2D eigenvalue weighted by Gasteiger charge is -2.36. The Balaban J connectivity index is 2.60. The van der Waals surface area contributed by atoms with Gasteiger partial charge in [-0.3, -0.25) is 0 Å². The third-order valence-corrected chi connectivity index (χ3v) is 8.89. The Hall–Kier alpha value is -0.823. The van der Waals surface area contributed by atoms with E-state index < -0.39 is 8.32 Å². The number of rotatable bonds is 5. The first-order valence-corrected chi connectivity index (χ1v) is 10.2. The molecule has 2 nitrogen and oxygen atoms in total. The molecule has 1 aromatic carbocycles. The van der Waals surface area contributed by atoms with Gasteiger partial charge in [-0.15, -0.1) is 0 Å². The average Bonchev–Trinajstić information content (AvgIpc) is 2.34. The Labute approximate surface area is 128 Å². The van der Waals surface area contributed by atoms with Crippen LogP contribution in [0.1, 0.15) is 38.7 Å². The topological polar surface area (TPSA) is 33.0 Å². The maximum atomic E-state index is 9.31. The molecule has 1 aromatic rings. The molecule has 0 N–H and O–H groups in total. The summed E-state index contributed by atoms with van der Waals surface area (Å²) in [6.07, 6.45) is 0.727. The molecule has 0 saturated carbocycles. The molecular weight excluding hydrogens is 286 g/mol. The minimum atomic E-state index is -1.72. The second-order valence-electron chi connectivity index (χ2n) is 6.63. The minimum absolute atomic E-state index is 0.128. The summed E-state index contributed by atoms with van der Waals surface area (Å²) in [5.41, 5.74) is 1.01. The first-order valence-electron chi connectivity index (χ1n) is 6.96. The summed E-state index contributed by atoms with van der Waals surface area (Å²) in [5, 5.41) is 10.2. The summed E-state index contributed by atoms with van der Waals surface area (Å²) < 4.78 is 6.13. The van der Waals surface area contributed by atoms with Crippen molar-refractivity contribution in [3.63, 3.8) is 0 Å². The van der Waals surface area contributed by atoms with Gasteiger partial charge < -0.3 is 4.43 Å². The van der Waals surface area contributed by atoms with Gasteiger partial charge in [0.05, 0.1) is 12.0 Å². The third-order valence-electron chi connectivity index (χ3n) is 4.10. The second kappa shape index (κ2) is 6.75. The van der Waals surface area contributed by atoms with Crippen molar-refractivity contribution in [3.05, 3.63) is 34.9 Å². The molecule has 4 heteroatoms. The van der Waals surface area contributed by atoms with Crippen LogP contribution in [0.15, 0.2) is 24.3 Å². The lowest BCUT2D eigenvalue weighted by atomic mass is 9.98. The van der Waals surface area contributed by atoms with Crippen LogP contribution in [0.2, 0.25) is 23.2 Å². The largest absolute Gasteiger partial charge is 0.417 e. The van der Waals surface area contributed by atoms with Crippen molar-refractivity contribution in [3.8, 4) is 6.07 Å². The number of hydrogen-bond acceptors (Lipinski definition) is 2. The van der Waals surface area contributed by atoms with Crippen molar-refractivity contribution in [2.75, 3.05) is 6.61 Å². The predicted molar refractivity (Wildman–Crippen MR) is 87.6 cm³/mol. The highest BCUT2D eigenvalue weighted by Gasteiger charge is 2.37. The highest BCUT2D eigenvalue weighted by atomic mass is 35.5. The molecule has 1 unspecified atom stereocenters. The molecular formula is C16H24ClNOSi. The van der Waals surface area contributed by atoms with Crippen LogP contribution in [-0.4, -0.2) is 14.9 Å². The van der Waals surface area contributed by atoms with E-state index in [9.17, 15) is 5.26 Å². The van der Waals surface area contributed by atoms with Crippen LogP contribution < -0.4 is 0 Å². The maximum absolute atomic E-state index is 9.31. The van der Waals surface area contributed by atoms with Gasteiger partial charge >= 0.3 is 0 Å². The molecule has 0 heterocycles. The van der Waals surface area contributed by atoms with E-state index in [1.54, 1.807) is 0 Å². The Morgan fingerprint density at radius 2 is 1.80 bits per heavy atom. The summed E-state index contributed by atoms with van der Waals surface area (Å²) in [4.78, 5) is 0. The van der Waals surface area contributed by atoms with Gasteiger partial charge in [0, 0.05) is 11.6 Å². The molecule has 0 fully saturated rings. The van der Waals surface area contributed by atoms with Gasteiger partial charge in [0.15, 0.2) is 8.32 Å². The van der Waals surface area contributed by atoms with Crippen LogP contribution in [-0.2, 0) is 4.43 Å². The number of halogens is 1. The zero-order chi connectivity index (χ0) is 15.4. The summed E-state index contributed by atoms with van der Waals surface area (Å²) in [5.74, 6) is -0.128. The van der Waals surface area contributed by atoms with E-state index >= 15 is 0 Å². The molecule has 0 aliphatic heterocycles. The lowest BCUT2D eigenvalue weighted by Crippen LogP contribution is -2.41. The molecule has 110 valence electrons. The van der Waals surface area contributed by atoms with E-state index in [1.165, 1.54) is 0 Å². The SMILES string of the molecule is CC(C)(C)[Si](C)(C)OCCC(C#N)c1ccc(Cl)cc1. The number of benzene rings is 1. The summed E-state index contributed by atoms with van der Waals surface area (Å²) in [6.45, 7) is 11.8. The fourth-order valence-corrected chi connectivity index (χ4v) is 2.84. The fourth-order valence-electron chi connectivity index (χ4n) is 1.65. The molecule has 20 heavy (non-hydrogen) atoms. The van der Waals surface area contributed by atoms with E-state index in [1.807, 2.05) is 24.3 Å². The standard InChI is InChI=1S/C16H24ClNOSi/c1-16(2,3)20(4,5)19-11-10-14(12-18)13-6-8-15(17)9-7-13/h6-9,14H,10-11H2,1-5H3. The molecule has 0 amide bonds. The average molecular weight is 310 g/mol. The number of hydrogen-bond donors (Lipinski definition) is 0. The van der Waals surface area contributed by atoms with Crippen LogP contribution in [0.25, 0.3) is 0 Å². The molecule has 1 atom stereocenters. The van der Waals surface area contributed by atoms with Gasteiger partial charge in [0.2, 0.25) is 0 Å². The molecule has 0 saturated heterocycles. The van der Waals surface area contributed by atoms with Gasteiger partial charge in [-0.2, -0.15) is 5.26 Å². The smallest absolute Gasteiger partial charge is 0.191 e. The monoisotopic (exact) mass is 309 g/mol. The number of nitrogens with zero attached hydrogens (tertiary/aromatic N) is 1. The van der Waals surface area contributed by atoms with E-state index in [4.69, 9.17) is 16.0 Å². The quantitative estimate of drug-likeness (QED) is 0.686. The van der Waals surface area contributed by atoms with Crippen LogP contribution in [0, 0.1) is 11.3 Å². The highest BCUT2D eigenvalue weighted by molar-refractivity contribution is 6.74. The van der Waals surface area contributed by atoms with Crippen molar-refractivity contribution in [2.45, 2.75) is 51.2 Å². The van der Waals surface area contributed by atoms with E-state index in [0.717, 1.165) is 12.0 Å². The van der Waals surface area contributed by atoms with Crippen LogP contribution in [0.3, 0.4) is 0 Å². The fraction of sp³-hybridized carbons (Fsp3) is 0.562. The minimum Gasteiger partial charge on any atom is -0.417 e. The van der Waals surface area contributed by atoms with E-state index in [0.29, 0.717) is 11.6 Å². The van der Waals surface area contributed by atoms with Gasteiger partial charge in [0.25, 0.3) is 0 Å². The van der Waals surface area contributed by atoms with Crippen LogP contribution >= 0.6 is 11.6 Å². The molecule has 0 bridgehead atoms. The van der Waals surface area contributed by atoms with Crippen molar-refractivity contribution < 1.29 is 4.43 Å². The summed E-state index contributed by atoms with van der Waals surface area (Å²) >= 11 is 5.87. The first-order chi connectivity index (χ1) is 9.17. The van der Waals surface area contributed by atoms with Crippen molar-refractivity contribution in [2.24, 2.45) is 0 Å². The molecule has 0 aromatic heterocycles. The third kappa shape index (κ3) is 4.62. The van der Waals surface area contributed by atoms with E-state index in [-0.39, 0.29) is 11.0 Å².